The van der Waals surface area contributed by atoms with Crippen LogP contribution in [0.25, 0.3) is 0 Å². The summed E-state index contributed by atoms with van der Waals surface area (Å²) >= 11 is 6.11. The van der Waals surface area contributed by atoms with Crippen LogP contribution in [-0.2, 0) is 6.42 Å². The number of halogens is 3. The Balaban J connectivity index is 1.85. The lowest BCUT2D eigenvalue weighted by molar-refractivity contribution is -0.0499. The number of hydrogen-bond donors (Lipinski definition) is 2. The van der Waals surface area contributed by atoms with Gasteiger partial charge in [-0.3, -0.25) is 0 Å². The third kappa shape index (κ3) is 3.44. The molecule has 1 heterocycles. The molecule has 5 nitrogen and oxygen atoms in total. The lowest BCUT2D eigenvalue weighted by atomic mass is 9.87. The van der Waals surface area contributed by atoms with Crippen molar-refractivity contribution in [1.82, 2.24) is 9.97 Å². The van der Waals surface area contributed by atoms with Crippen LogP contribution in [0.2, 0.25) is 5.02 Å². The largest absolute Gasteiger partial charge is 0.435 e. The molecular weight excluding hydrogens is 326 g/mol. The second kappa shape index (κ2) is 6.54. The Kier molecular flexibility index (Phi) is 4.47. The number of fused-ring (bicyclic) bond motifs is 1. The molecule has 122 valence electrons. The number of nitrogens with two attached hydrogens (primary N) is 1. The van der Waals surface area contributed by atoms with Gasteiger partial charge >= 0.3 is 6.61 Å². The number of ether oxygens (including phenoxy) is 1. The fourth-order valence-corrected chi connectivity index (χ4v) is 2.92. The molecule has 1 aromatic heterocycles. The van der Waals surface area contributed by atoms with E-state index in [1.807, 2.05) is 0 Å². The molecule has 0 spiro atoms. The van der Waals surface area contributed by atoms with Gasteiger partial charge in [-0.25, -0.2) is 9.97 Å². The molecule has 2 aromatic rings. The number of nitrogens with zero attached hydrogens (tertiary/aromatic N) is 2. The number of aromatic nitrogens is 2. The van der Waals surface area contributed by atoms with Gasteiger partial charge in [0.2, 0.25) is 0 Å². The maximum absolute atomic E-state index is 12.3. The van der Waals surface area contributed by atoms with Gasteiger partial charge in [-0.1, -0.05) is 17.7 Å². The van der Waals surface area contributed by atoms with E-state index in [4.69, 9.17) is 17.3 Å². The summed E-state index contributed by atoms with van der Waals surface area (Å²) in [6.07, 6.45) is 3.95. The van der Waals surface area contributed by atoms with Crippen LogP contribution >= 0.6 is 11.6 Å². The van der Waals surface area contributed by atoms with E-state index in [2.05, 4.69) is 20.0 Å². The van der Waals surface area contributed by atoms with Crippen molar-refractivity contribution in [2.45, 2.75) is 31.9 Å². The van der Waals surface area contributed by atoms with Gasteiger partial charge in [-0.2, -0.15) is 8.78 Å². The van der Waals surface area contributed by atoms with Gasteiger partial charge in [-0.05, 0) is 42.5 Å². The molecule has 1 aliphatic carbocycles. The van der Waals surface area contributed by atoms with Crippen LogP contribution in [0.5, 0.6) is 5.75 Å². The van der Waals surface area contributed by atoms with Crippen LogP contribution in [0.4, 0.5) is 20.4 Å². The average molecular weight is 341 g/mol. The normalized spacial score (nSPS) is 17.0. The van der Waals surface area contributed by atoms with Gasteiger partial charge in [0.05, 0.1) is 6.04 Å². The van der Waals surface area contributed by atoms with Crippen molar-refractivity contribution in [3.05, 3.63) is 40.7 Å². The predicted molar refractivity (Wildman–Crippen MR) is 83.8 cm³/mol. The van der Waals surface area contributed by atoms with Crippen molar-refractivity contribution in [3.63, 3.8) is 0 Å². The van der Waals surface area contributed by atoms with E-state index in [0.717, 1.165) is 30.4 Å². The first-order valence-electron chi connectivity index (χ1n) is 7.14. The van der Waals surface area contributed by atoms with Gasteiger partial charge in [0.15, 0.2) is 5.82 Å². The predicted octanol–water partition coefficient (Wildman–Crippen LogP) is 3.80. The number of nitrogen functional groups attached to an aromatic ring is 1. The van der Waals surface area contributed by atoms with Gasteiger partial charge in [0, 0.05) is 0 Å². The van der Waals surface area contributed by atoms with E-state index in [1.165, 1.54) is 6.33 Å². The summed E-state index contributed by atoms with van der Waals surface area (Å²) in [6, 6.07) is 4.97. The highest BCUT2D eigenvalue weighted by Gasteiger charge is 2.22. The summed E-state index contributed by atoms with van der Waals surface area (Å²) in [5.74, 6) is 0.842. The maximum Gasteiger partial charge on any atom is 0.387 e. The molecule has 3 N–H and O–H groups in total. The molecule has 0 bridgehead atoms. The monoisotopic (exact) mass is 340 g/mol. The minimum atomic E-state index is -2.83. The number of alkyl halides is 2. The molecule has 8 heteroatoms. The number of hydrogen-bond acceptors (Lipinski definition) is 5. The fourth-order valence-electron chi connectivity index (χ4n) is 2.77. The molecule has 1 aliphatic rings. The van der Waals surface area contributed by atoms with Crippen LogP contribution in [0.3, 0.4) is 0 Å². The van der Waals surface area contributed by atoms with Gasteiger partial charge in [0.1, 0.15) is 22.9 Å². The minimum absolute atomic E-state index is 0.0221. The van der Waals surface area contributed by atoms with E-state index < -0.39 is 6.61 Å². The zero-order chi connectivity index (χ0) is 16.4. The van der Waals surface area contributed by atoms with E-state index in [9.17, 15) is 8.78 Å². The SMILES string of the molecule is Nc1ncnc(NC2CCCc3cc(OC(F)F)ccc32)c1Cl. The highest BCUT2D eigenvalue weighted by Crippen LogP contribution is 2.36. The number of rotatable bonds is 4. The number of aryl methyl sites for hydroxylation is 1. The zero-order valence-electron chi connectivity index (χ0n) is 12.1. The van der Waals surface area contributed by atoms with Crippen molar-refractivity contribution in [2.24, 2.45) is 0 Å². The molecule has 1 unspecified atom stereocenters. The van der Waals surface area contributed by atoms with E-state index in [0.29, 0.717) is 5.82 Å². The second-order valence-electron chi connectivity index (χ2n) is 5.25. The average Bonchev–Trinajstić information content (AvgIpc) is 2.51. The van der Waals surface area contributed by atoms with Crippen molar-refractivity contribution in [2.75, 3.05) is 11.1 Å². The number of benzene rings is 1. The van der Waals surface area contributed by atoms with Crippen molar-refractivity contribution >= 4 is 23.2 Å². The van der Waals surface area contributed by atoms with E-state index in [-0.39, 0.29) is 22.6 Å². The summed E-state index contributed by atoms with van der Waals surface area (Å²) in [7, 11) is 0. The topological polar surface area (TPSA) is 73.1 Å². The first kappa shape index (κ1) is 15.7. The Morgan fingerprint density at radius 2 is 2.17 bits per heavy atom. The fraction of sp³-hybridized carbons (Fsp3) is 0.333. The van der Waals surface area contributed by atoms with Crippen LogP contribution < -0.4 is 15.8 Å². The van der Waals surface area contributed by atoms with Gasteiger partial charge in [-0.15, -0.1) is 0 Å². The molecule has 1 atom stereocenters. The molecule has 0 radical (unpaired) electrons. The first-order chi connectivity index (χ1) is 11.0. The highest BCUT2D eigenvalue weighted by molar-refractivity contribution is 6.35. The maximum atomic E-state index is 12.3. The Bertz CT molecular complexity index is 714. The summed E-state index contributed by atoms with van der Waals surface area (Å²) in [5.41, 5.74) is 7.67. The summed E-state index contributed by atoms with van der Waals surface area (Å²) in [5, 5.41) is 3.53. The van der Waals surface area contributed by atoms with Crippen molar-refractivity contribution in [1.29, 1.82) is 0 Å². The standard InChI is InChI=1S/C15H15ClF2N4O/c16-12-13(19)20-7-21-14(12)22-11-3-1-2-8-6-9(23-15(17)18)4-5-10(8)11/h4-7,11,15H,1-3H2,(H3,19,20,21,22). The van der Waals surface area contributed by atoms with Crippen LogP contribution in [-0.4, -0.2) is 16.6 Å². The van der Waals surface area contributed by atoms with E-state index in [1.54, 1.807) is 18.2 Å². The Hall–Kier alpha value is -2.15. The molecule has 0 saturated heterocycles. The molecule has 0 aliphatic heterocycles. The van der Waals surface area contributed by atoms with Crippen LogP contribution in [0.1, 0.15) is 30.0 Å². The van der Waals surface area contributed by atoms with Crippen LogP contribution in [0, 0.1) is 0 Å². The summed E-state index contributed by atoms with van der Waals surface area (Å²) in [4.78, 5) is 7.93. The first-order valence-corrected chi connectivity index (χ1v) is 7.52. The second-order valence-corrected chi connectivity index (χ2v) is 5.63. The summed E-state index contributed by atoms with van der Waals surface area (Å²) < 4.78 is 29.1. The number of anilines is 2. The van der Waals surface area contributed by atoms with E-state index >= 15 is 0 Å². The van der Waals surface area contributed by atoms with Crippen molar-refractivity contribution < 1.29 is 13.5 Å². The molecular formula is C15H15ClF2N4O. The minimum Gasteiger partial charge on any atom is -0.435 e. The van der Waals surface area contributed by atoms with Crippen LogP contribution in [0.15, 0.2) is 24.5 Å². The summed E-state index contributed by atoms with van der Waals surface area (Å²) in [6.45, 7) is -2.83. The smallest absolute Gasteiger partial charge is 0.387 e. The third-order valence-electron chi connectivity index (χ3n) is 3.78. The molecule has 0 amide bonds. The zero-order valence-corrected chi connectivity index (χ0v) is 12.9. The third-order valence-corrected chi connectivity index (χ3v) is 4.15. The Morgan fingerprint density at radius 1 is 1.35 bits per heavy atom. The molecule has 23 heavy (non-hydrogen) atoms. The molecule has 0 saturated carbocycles. The highest BCUT2D eigenvalue weighted by atomic mass is 35.5. The molecule has 1 aromatic carbocycles. The van der Waals surface area contributed by atoms with Gasteiger partial charge in [0.25, 0.3) is 0 Å². The number of nitrogens with one attached hydrogen (secondary N) is 1. The quantitative estimate of drug-likeness (QED) is 0.885. The Labute approximate surface area is 136 Å². The Morgan fingerprint density at radius 3 is 2.96 bits per heavy atom. The molecule has 3 rings (SSSR count). The van der Waals surface area contributed by atoms with Gasteiger partial charge < -0.3 is 15.8 Å². The lowest BCUT2D eigenvalue weighted by Gasteiger charge is -2.27. The molecule has 0 fully saturated rings. The van der Waals surface area contributed by atoms with Crippen molar-refractivity contribution in [3.8, 4) is 5.75 Å². The lowest BCUT2D eigenvalue weighted by Crippen LogP contribution is -2.18.